The summed E-state index contributed by atoms with van der Waals surface area (Å²) in [5, 5.41) is 4.05. The maximum atomic E-state index is 12.1. The third-order valence-electron chi connectivity index (χ3n) is 3.52. The molecule has 0 saturated carbocycles. The van der Waals surface area contributed by atoms with Crippen molar-refractivity contribution < 1.29 is 22.7 Å². The number of hydrogen-bond donors (Lipinski definition) is 2. The molecule has 0 fully saturated rings. The van der Waals surface area contributed by atoms with Crippen molar-refractivity contribution in [1.82, 2.24) is 4.72 Å². The van der Waals surface area contributed by atoms with Crippen molar-refractivity contribution in [2.45, 2.75) is 13.0 Å². The van der Waals surface area contributed by atoms with Crippen LogP contribution >= 0.6 is 23.2 Å². The SMILES string of the molecule is CC(OC(=O)CNS(=O)(=O)/C=C/c1ccccc1)C(=O)Nc1cc(Cl)ccc1Cl. The van der Waals surface area contributed by atoms with Crippen molar-refractivity contribution in [3.63, 3.8) is 0 Å². The molecule has 29 heavy (non-hydrogen) atoms. The van der Waals surface area contributed by atoms with Gasteiger partial charge in [0.1, 0.15) is 6.54 Å². The van der Waals surface area contributed by atoms with Gasteiger partial charge in [0, 0.05) is 10.4 Å². The Bertz CT molecular complexity index is 1010. The highest BCUT2D eigenvalue weighted by molar-refractivity contribution is 7.92. The molecule has 2 aromatic carbocycles. The molecule has 1 amide bonds. The van der Waals surface area contributed by atoms with Gasteiger partial charge in [-0.15, -0.1) is 0 Å². The summed E-state index contributed by atoms with van der Waals surface area (Å²) in [5.74, 6) is -1.56. The standard InChI is InChI=1S/C19H18Cl2N2O5S/c1-13(19(25)23-17-11-15(20)7-8-16(17)21)28-18(24)12-22-29(26,27)10-9-14-5-3-2-4-6-14/h2-11,13,22H,12H2,1H3,(H,23,25)/b10-9+. The topological polar surface area (TPSA) is 102 Å². The fourth-order valence-corrected chi connectivity index (χ4v) is 3.15. The van der Waals surface area contributed by atoms with E-state index >= 15 is 0 Å². The van der Waals surface area contributed by atoms with Crippen molar-refractivity contribution in [1.29, 1.82) is 0 Å². The Morgan fingerprint density at radius 3 is 2.52 bits per heavy atom. The van der Waals surface area contributed by atoms with Crippen molar-refractivity contribution in [2.24, 2.45) is 0 Å². The molecule has 154 valence electrons. The van der Waals surface area contributed by atoms with E-state index in [0.29, 0.717) is 10.6 Å². The Kier molecular flexibility index (Phi) is 8.21. The molecule has 0 heterocycles. The number of carbonyl (C=O) groups is 2. The number of halogens is 2. The molecule has 7 nitrogen and oxygen atoms in total. The first kappa shape index (κ1) is 22.9. The van der Waals surface area contributed by atoms with E-state index in [1.54, 1.807) is 36.4 Å². The molecule has 0 radical (unpaired) electrons. The number of ether oxygens (including phenoxy) is 1. The van der Waals surface area contributed by atoms with Gasteiger partial charge in [-0.2, -0.15) is 0 Å². The second-order valence-corrected chi connectivity index (χ2v) is 8.32. The van der Waals surface area contributed by atoms with Crippen LogP contribution in [0.25, 0.3) is 6.08 Å². The van der Waals surface area contributed by atoms with Gasteiger partial charge in [0.25, 0.3) is 5.91 Å². The van der Waals surface area contributed by atoms with Crippen molar-refractivity contribution in [3.8, 4) is 0 Å². The van der Waals surface area contributed by atoms with E-state index < -0.39 is 34.5 Å². The highest BCUT2D eigenvalue weighted by atomic mass is 35.5. The van der Waals surface area contributed by atoms with Gasteiger partial charge < -0.3 is 10.1 Å². The maximum absolute atomic E-state index is 12.1. The second-order valence-electron chi connectivity index (χ2n) is 5.83. The molecule has 2 N–H and O–H groups in total. The molecule has 1 unspecified atom stereocenters. The van der Waals surface area contributed by atoms with E-state index in [0.717, 1.165) is 5.41 Å². The van der Waals surface area contributed by atoms with Crippen LogP contribution in [0.4, 0.5) is 5.69 Å². The average Bonchev–Trinajstić information content (AvgIpc) is 2.68. The molecule has 2 rings (SSSR count). The zero-order valence-electron chi connectivity index (χ0n) is 15.3. The molecule has 0 aromatic heterocycles. The molecule has 0 aliphatic heterocycles. The Labute approximate surface area is 178 Å². The van der Waals surface area contributed by atoms with Crippen molar-refractivity contribution in [3.05, 3.63) is 69.5 Å². The van der Waals surface area contributed by atoms with Crippen LogP contribution in [0.15, 0.2) is 53.9 Å². The summed E-state index contributed by atoms with van der Waals surface area (Å²) in [6, 6.07) is 13.3. The maximum Gasteiger partial charge on any atom is 0.321 e. The first-order valence-corrected chi connectivity index (χ1v) is 10.6. The van der Waals surface area contributed by atoms with Crippen molar-refractivity contribution in [2.75, 3.05) is 11.9 Å². The molecule has 0 bridgehead atoms. The Balaban J connectivity index is 1.85. The van der Waals surface area contributed by atoms with Crippen LogP contribution in [-0.4, -0.2) is 32.9 Å². The van der Waals surface area contributed by atoms with Crippen LogP contribution in [0.2, 0.25) is 10.0 Å². The van der Waals surface area contributed by atoms with Crippen LogP contribution < -0.4 is 10.0 Å². The van der Waals surface area contributed by atoms with Gasteiger partial charge in [0.2, 0.25) is 10.0 Å². The van der Waals surface area contributed by atoms with Crippen LogP contribution in [0.3, 0.4) is 0 Å². The van der Waals surface area contributed by atoms with E-state index in [1.165, 1.54) is 25.1 Å². The van der Waals surface area contributed by atoms with Crippen LogP contribution in [0.5, 0.6) is 0 Å². The average molecular weight is 457 g/mol. The summed E-state index contributed by atoms with van der Waals surface area (Å²) in [6.07, 6.45) is 0.209. The number of anilines is 1. The van der Waals surface area contributed by atoms with Gasteiger partial charge >= 0.3 is 5.97 Å². The molecule has 0 aliphatic rings. The molecular formula is C19H18Cl2N2O5S. The van der Waals surface area contributed by atoms with E-state index in [2.05, 4.69) is 10.0 Å². The van der Waals surface area contributed by atoms with Crippen LogP contribution in [0, 0.1) is 0 Å². The fraction of sp³-hybridized carbons (Fsp3) is 0.158. The van der Waals surface area contributed by atoms with E-state index in [1.807, 2.05) is 0 Å². The highest BCUT2D eigenvalue weighted by Gasteiger charge is 2.20. The lowest BCUT2D eigenvalue weighted by Crippen LogP contribution is -2.35. The summed E-state index contributed by atoms with van der Waals surface area (Å²) >= 11 is 11.8. The van der Waals surface area contributed by atoms with Gasteiger partial charge in [0.05, 0.1) is 10.7 Å². The molecule has 0 aliphatic carbocycles. The first-order valence-electron chi connectivity index (χ1n) is 8.34. The number of esters is 1. The predicted octanol–water partition coefficient (Wildman–Crippen LogP) is 3.45. The zero-order chi connectivity index (χ0) is 21.4. The molecular weight excluding hydrogens is 439 g/mol. The quantitative estimate of drug-likeness (QED) is 0.592. The normalized spacial score (nSPS) is 12.5. The second kappa shape index (κ2) is 10.4. The van der Waals surface area contributed by atoms with E-state index in [-0.39, 0.29) is 10.7 Å². The van der Waals surface area contributed by atoms with Gasteiger partial charge in [-0.25, -0.2) is 13.1 Å². The lowest BCUT2D eigenvalue weighted by Gasteiger charge is -2.14. The first-order chi connectivity index (χ1) is 13.7. The van der Waals surface area contributed by atoms with E-state index in [4.69, 9.17) is 27.9 Å². The largest absolute Gasteiger partial charge is 0.452 e. The number of benzene rings is 2. The third kappa shape index (κ3) is 7.86. The number of nitrogens with one attached hydrogen (secondary N) is 2. The minimum Gasteiger partial charge on any atom is -0.452 e. The molecule has 1 atom stereocenters. The minimum absolute atomic E-state index is 0.263. The predicted molar refractivity (Wildman–Crippen MR) is 113 cm³/mol. The Morgan fingerprint density at radius 1 is 1.14 bits per heavy atom. The smallest absolute Gasteiger partial charge is 0.321 e. The number of hydrogen-bond acceptors (Lipinski definition) is 5. The summed E-state index contributed by atoms with van der Waals surface area (Å²) in [5.41, 5.74) is 0.948. The zero-order valence-corrected chi connectivity index (χ0v) is 17.6. The Morgan fingerprint density at radius 2 is 1.83 bits per heavy atom. The fourth-order valence-electron chi connectivity index (χ4n) is 2.06. The van der Waals surface area contributed by atoms with Crippen molar-refractivity contribution >= 4 is 56.9 Å². The lowest BCUT2D eigenvalue weighted by atomic mass is 10.2. The number of rotatable bonds is 8. The summed E-state index contributed by atoms with van der Waals surface area (Å²) in [4.78, 5) is 24.0. The number of carbonyl (C=O) groups excluding carboxylic acids is 2. The third-order valence-corrected chi connectivity index (χ3v) is 5.13. The summed E-state index contributed by atoms with van der Waals surface area (Å²) in [7, 11) is -3.85. The van der Waals surface area contributed by atoms with Gasteiger partial charge in [-0.3, -0.25) is 9.59 Å². The van der Waals surface area contributed by atoms with Gasteiger partial charge in [0.15, 0.2) is 6.10 Å². The number of sulfonamides is 1. The highest BCUT2D eigenvalue weighted by Crippen LogP contribution is 2.25. The summed E-state index contributed by atoms with van der Waals surface area (Å²) in [6.45, 7) is 0.715. The molecule has 0 saturated heterocycles. The Hall–Kier alpha value is -2.39. The van der Waals surface area contributed by atoms with Crippen LogP contribution in [0.1, 0.15) is 12.5 Å². The molecule has 0 spiro atoms. The van der Waals surface area contributed by atoms with Gasteiger partial charge in [-0.1, -0.05) is 53.5 Å². The number of amides is 1. The van der Waals surface area contributed by atoms with Gasteiger partial charge in [-0.05, 0) is 36.8 Å². The molecule has 2 aromatic rings. The van der Waals surface area contributed by atoms with Crippen LogP contribution in [-0.2, 0) is 24.3 Å². The minimum atomic E-state index is -3.85. The summed E-state index contributed by atoms with van der Waals surface area (Å²) < 4.78 is 30.9. The lowest BCUT2D eigenvalue weighted by molar-refractivity contribution is -0.151. The molecule has 10 heteroatoms. The van der Waals surface area contributed by atoms with E-state index in [9.17, 15) is 18.0 Å². The monoisotopic (exact) mass is 456 g/mol.